The zero-order valence-electron chi connectivity index (χ0n) is 7.58. The molecule has 0 bridgehead atoms. The lowest BCUT2D eigenvalue weighted by atomic mass is 10.0. The fourth-order valence-corrected chi connectivity index (χ4v) is 1.44. The van der Waals surface area contributed by atoms with Crippen LogP contribution in [0.4, 0.5) is 0 Å². The molecule has 1 rings (SSSR count). The number of hydrogen-bond donors (Lipinski definition) is 1. The number of allylic oxidation sites excluding steroid dienone is 1. The molecule has 4 heteroatoms. The lowest BCUT2D eigenvalue weighted by Crippen LogP contribution is -2.34. The highest BCUT2D eigenvalue weighted by Crippen LogP contribution is 2.19. The molecule has 0 unspecified atom stereocenters. The highest BCUT2D eigenvalue weighted by atomic mass is 16.5. The van der Waals surface area contributed by atoms with Crippen molar-refractivity contribution in [3.8, 4) is 0 Å². The minimum Gasteiger partial charge on any atom is -0.467 e. The largest absolute Gasteiger partial charge is 0.467 e. The number of amides is 1. The minimum absolute atomic E-state index is 0.0877. The second kappa shape index (κ2) is 4.07. The van der Waals surface area contributed by atoms with E-state index in [4.69, 9.17) is 0 Å². The minimum atomic E-state index is -0.470. The molecule has 0 saturated carbocycles. The van der Waals surface area contributed by atoms with Crippen molar-refractivity contribution in [2.45, 2.75) is 18.9 Å². The maximum atomic E-state index is 11.2. The molecule has 4 nitrogen and oxygen atoms in total. The van der Waals surface area contributed by atoms with Gasteiger partial charge >= 0.3 is 5.97 Å². The van der Waals surface area contributed by atoms with Crippen LogP contribution in [0.5, 0.6) is 0 Å². The van der Waals surface area contributed by atoms with Crippen molar-refractivity contribution in [1.82, 2.24) is 5.32 Å². The molecule has 0 aromatic heterocycles. The summed E-state index contributed by atoms with van der Waals surface area (Å²) in [4.78, 5) is 22.3. The van der Waals surface area contributed by atoms with E-state index in [9.17, 15) is 9.59 Å². The van der Waals surface area contributed by atoms with Crippen molar-refractivity contribution < 1.29 is 14.3 Å². The average molecular weight is 183 g/mol. The smallest absolute Gasteiger partial charge is 0.328 e. The van der Waals surface area contributed by atoms with Gasteiger partial charge in [0, 0.05) is 5.92 Å². The molecule has 0 spiro atoms. The Morgan fingerprint density at radius 1 is 1.85 bits per heavy atom. The van der Waals surface area contributed by atoms with E-state index >= 15 is 0 Å². The molecule has 1 amide bonds. The van der Waals surface area contributed by atoms with Crippen LogP contribution in [0.3, 0.4) is 0 Å². The van der Waals surface area contributed by atoms with E-state index in [1.807, 2.05) is 0 Å². The normalized spacial score (nSPS) is 26.7. The molecule has 1 saturated heterocycles. The van der Waals surface area contributed by atoms with Gasteiger partial charge in [0.1, 0.15) is 6.04 Å². The first-order valence-corrected chi connectivity index (χ1v) is 4.18. The van der Waals surface area contributed by atoms with Gasteiger partial charge < -0.3 is 10.1 Å². The molecule has 2 atom stereocenters. The molecule has 0 aliphatic carbocycles. The van der Waals surface area contributed by atoms with Crippen LogP contribution in [-0.2, 0) is 14.3 Å². The van der Waals surface area contributed by atoms with E-state index in [0.717, 1.165) is 0 Å². The fourth-order valence-electron chi connectivity index (χ4n) is 1.44. The first-order valence-electron chi connectivity index (χ1n) is 4.18. The monoisotopic (exact) mass is 183 g/mol. The van der Waals surface area contributed by atoms with Crippen LogP contribution in [0.2, 0.25) is 0 Å². The summed E-state index contributed by atoms with van der Waals surface area (Å²) >= 11 is 0. The summed E-state index contributed by atoms with van der Waals surface area (Å²) in [7, 11) is 1.31. The van der Waals surface area contributed by atoms with Gasteiger partial charge in [-0.05, 0) is 12.8 Å². The number of nitrogens with one attached hydrogen (secondary N) is 1. The number of carbonyl (C=O) groups is 2. The first kappa shape index (κ1) is 9.77. The van der Waals surface area contributed by atoms with Crippen molar-refractivity contribution in [2.24, 2.45) is 5.92 Å². The van der Waals surface area contributed by atoms with E-state index < -0.39 is 6.04 Å². The Morgan fingerprint density at radius 2 is 2.54 bits per heavy atom. The zero-order valence-corrected chi connectivity index (χ0v) is 7.58. The fraction of sp³-hybridized carbons (Fsp3) is 0.556. The predicted octanol–water partition coefficient (Wildman–Crippen LogP) is 0.240. The third-order valence-electron chi connectivity index (χ3n) is 2.14. The Balaban J connectivity index is 2.54. The van der Waals surface area contributed by atoms with Crippen molar-refractivity contribution in [3.63, 3.8) is 0 Å². The topological polar surface area (TPSA) is 55.4 Å². The van der Waals surface area contributed by atoms with Gasteiger partial charge in [0.25, 0.3) is 0 Å². The number of rotatable bonds is 3. The summed E-state index contributed by atoms with van der Waals surface area (Å²) in [6, 6.07) is -0.470. The lowest BCUT2D eigenvalue weighted by molar-refractivity contribution is -0.143. The zero-order chi connectivity index (χ0) is 9.84. The van der Waals surface area contributed by atoms with Crippen LogP contribution in [0.15, 0.2) is 12.7 Å². The summed E-state index contributed by atoms with van der Waals surface area (Å²) in [6.45, 7) is 3.55. The lowest BCUT2D eigenvalue weighted by Gasteiger charge is -2.05. The van der Waals surface area contributed by atoms with Gasteiger partial charge in [0.15, 0.2) is 0 Å². The molecule has 1 fully saturated rings. The quantitative estimate of drug-likeness (QED) is 0.503. The van der Waals surface area contributed by atoms with E-state index in [1.54, 1.807) is 6.08 Å². The molecular formula is C9H13NO3. The van der Waals surface area contributed by atoms with Gasteiger partial charge in [-0.3, -0.25) is 4.79 Å². The van der Waals surface area contributed by atoms with Gasteiger partial charge in [-0.15, -0.1) is 6.58 Å². The second-order valence-electron chi connectivity index (χ2n) is 3.04. The summed E-state index contributed by atoms with van der Waals surface area (Å²) in [5, 5.41) is 2.58. The van der Waals surface area contributed by atoms with E-state index in [2.05, 4.69) is 16.6 Å². The number of esters is 1. The molecule has 72 valence electrons. The van der Waals surface area contributed by atoms with Crippen molar-refractivity contribution in [3.05, 3.63) is 12.7 Å². The van der Waals surface area contributed by atoms with Gasteiger partial charge in [0.05, 0.1) is 7.11 Å². The third kappa shape index (κ3) is 2.08. The maximum Gasteiger partial charge on any atom is 0.328 e. The standard InChI is InChI=1S/C9H13NO3/c1-3-4-6-5-7(9(12)13-2)10-8(6)11/h3,6-7H,1,4-5H2,2H3,(H,10,11)/t6-,7-/m0/s1. The van der Waals surface area contributed by atoms with Gasteiger partial charge in [0.2, 0.25) is 5.91 Å². The summed E-state index contributed by atoms with van der Waals surface area (Å²) in [5.74, 6) is -0.586. The first-order chi connectivity index (χ1) is 6.19. The maximum absolute atomic E-state index is 11.2. The third-order valence-corrected chi connectivity index (χ3v) is 2.14. The molecular weight excluding hydrogens is 170 g/mol. The Kier molecular flexibility index (Phi) is 3.06. The van der Waals surface area contributed by atoms with E-state index in [1.165, 1.54) is 7.11 Å². The van der Waals surface area contributed by atoms with E-state index in [-0.39, 0.29) is 17.8 Å². The highest BCUT2D eigenvalue weighted by Gasteiger charge is 2.35. The molecule has 1 aliphatic heterocycles. The summed E-state index contributed by atoms with van der Waals surface area (Å²) in [6.07, 6.45) is 2.81. The summed E-state index contributed by atoms with van der Waals surface area (Å²) in [5.41, 5.74) is 0. The molecule has 1 heterocycles. The Morgan fingerprint density at radius 3 is 3.08 bits per heavy atom. The van der Waals surface area contributed by atoms with Gasteiger partial charge in [-0.25, -0.2) is 4.79 Å². The van der Waals surface area contributed by atoms with Gasteiger partial charge in [-0.2, -0.15) is 0 Å². The van der Waals surface area contributed by atoms with Crippen molar-refractivity contribution in [2.75, 3.05) is 7.11 Å². The Hall–Kier alpha value is -1.32. The Bertz CT molecular complexity index is 237. The number of methoxy groups -OCH3 is 1. The van der Waals surface area contributed by atoms with Crippen LogP contribution in [-0.4, -0.2) is 25.0 Å². The molecule has 0 aromatic rings. The van der Waals surface area contributed by atoms with Crippen LogP contribution in [0.1, 0.15) is 12.8 Å². The summed E-state index contributed by atoms with van der Waals surface area (Å²) < 4.78 is 4.53. The van der Waals surface area contributed by atoms with Crippen LogP contribution in [0, 0.1) is 5.92 Å². The number of ether oxygens (including phenoxy) is 1. The second-order valence-corrected chi connectivity index (χ2v) is 3.04. The van der Waals surface area contributed by atoms with Crippen molar-refractivity contribution in [1.29, 1.82) is 0 Å². The molecule has 1 aliphatic rings. The van der Waals surface area contributed by atoms with Crippen molar-refractivity contribution >= 4 is 11.9 Å². The molecule has 1 N–H and O–H groups in total. The van der Waals surface area contributed by atoms with Gasteiger partial charge in [-0.1, -0.05) is 6.08 Å². The SMILES string of the molecule is C=CC[C@H]1C[C@@H](C(=O)OC)NC1=O. The molecule has 13 heavy (non-hydrogen) atoms. The predicted molar refractivity (Wildman–Crippen MR) is 46.9 cm³/mol. The average Bonchev–Trinajstić information content (AvgIpc) is 2.47. The Labute approximate surface area is 76.9 Å². The van der Waals surface area contributed by atoms with Crippen LogP contribution >= 0.6 is 0 Å². The highest BCUT2D eigenvalue weighted by molar-refractivity contribution is 5.89. The number of hydrogen-bond acceptors (Lipinski definition) is 3. The van der Waals surface area contributed by atoms with E-state index in [0.29, 0.717) is 12.8 Å². The van der Waals surface area contributed by atoms with Crippen LogP contribution < -0.4 is 5.32 Å². The molecule has 0 aromatic carbocycles. The molecule has 0 radical (unpaired) electrons. The number of carbonyl (C=O) groups excluding carboxylic acids is 2. The van der Waals surface area contributed by atoms with Crippen LogP contribution in [0.25, 0.3) is 0 Å².